The molecule has 0 spiro atoms. The van der Waals surface area contributed by atoms with Gasteiger partial charge in [0, 0.05) is 10.5 Å². The van der Waals surface area contributed by atoms with Crippen LogP contribution in [0.5, 0.6) is 0 Å². The van der Waals surface area contributed by atoms with E-state index in [0.29, 0.717) is 0 Å². The molecule has 2 fully saturated rings. The van der Waals surface area contributed by atoms with Crippen LogP contribution in [0.3, 0.4) is 0 Å². The third-order valence-electron chi connectivity index (χ3n) is 2.04. The Morgan fingerprint density at radius 2 is 1.56 bits per heavy atom. The predicted molar refractivity (Wildman–Crippen MR) is 44.4 cm³/mol. The van der Waals surface area contributed by atoms with Crippen LogP contribution in [0.15, 0.2) is 0 Å². The number of hydrogen-bond acceptors (Lipinski definition) is 3. The molecule has 0 amide bonds. The molecule has 2 rings (SSSR count). The van der Waals surface area contributed by atoms with E-state index in [0.717, 1.165) is 10.5 Å². The van der Waals surface area contributed by atoms with Crippen molar-refractivity contribution < 1.29 is 0 Å². The van der Waals surface area contributed by atoms with Crippen molar-refractivity contribution in [2.75, 3.05) is 0 Å². The second-order valence-electron chi connectivity index (χ2n) is 2.68. The summed E-state index contributed by atoms with van der Waals surface area (Å²) in [6, 6.07) is 0. The molecule has 1 N–H and O–H groups in total. The van der Waals surface area contributed by atoms with Crippen molar-refractivity contribution in [2.24, 2.45) is 0 Å². The van der Waals surface area contributed by atoms with Gasteiger partial charge >= 0.3 is 0 Å². The highest BCUT2D eigenvalue weighted by atomic mass is 32.2. The lowest BCUT2D eigenvalue weighted by Crippen LogP contribution is -2.19. The zero-order valence-electron chi connectivity index (χ0n) is 5.30. The molecule has 2 unspecified atom stereocenters. The smallest absolute Gasteiger partial charge is 0.0332 e. The van der Waals surface area contributed by atoms with Crippen LogP contribution in [0.1, 0.15) is 25.7 Å². The summed E-state index contributed by atoms with van der Waals surface area (Å²) in [4.78, 5) is 0. The van der Waals surface area contributed by atoms with Gasteiger partial charge in [-0.1, -0.05) is 36.7 Å². The maximum Gasteiger partial charge on any atom is 0.0332 e. The average molecular weight is 161 g/mol. The Morgan fingerprint density at radius 1 is 1.00 bits per heavy atom. The Morgan fingerprint density at radius 3 is 2.11 bits per heavy atom. The monoisotopic (exact) mass is 161 g/mol. The van der Waals surface area contributed by atoms with E-state index in [-0.39, 0.29) is 0 Å². The molecule has 1 saturated carbocycles. The maximum absolute atomic E-state index is 3.30. The Hall–Kier alpha value is 0.660. The minimum Gasteiger partial charge on any atom is -0.207 e. The van der Waals surface area contributed by atoms with Gasteiger partial charge in [0.05, 0.1) is 0 Å². The van der Waals surface area contributed by atoms with E-state index in [2.05, 4.69) is 4.13 Å². The van der Waals surface area contributed by atoms with Crippen LogP contribution in [0.25, 0.3) is 0 Å². The summed E-state index contributed by atoms with van der Waals surface area (Å²) in [7, 11) is 0. The van der Waals surface area contributed by atoms with Gasteiger partial charge in [-0.2, -0.15) is 0 Å². The van der Waals surface area contributed by atoms with Gasteiger partial charge in [-0.15, -0.1) is 0 Å². The van der Waals surface area contributed by atoms with Crippen LogP contribution < -0.4 is 4.13 Å². The van der Waals surface area contributed by atoms with Crippen molar-refractivity contribution in [3.05, 3.63) is 0 Å². The van der Waals surface area contributed by atoms with E-state index in [4.69, 9.17) is 0 Å². The highest BCUT2D eigenvalue weighted by Gasteiger charge is 2.30. The van der Waals surface area contributed by atoms with Crippen LogP contribution in [0.4, 0.5) is 0 Å². The summed E-state index contributed by atoms with van der Waals surface area (Å²) in [5, 5.41) is 1.87. The number of rotatable bonds is 0. The molecule has 2 aliphatic rings. The summed E-state index contributed by atoms with van der Waals surface area (Å²) in [5.41, 5.74) is 0. The number of fused-ring (bicyclic) bond motifs is 1. The molecule has 3 heteroatoms. The Labute approximate surface area is 64.6 Å². The highest BCUT2D eigenvalue weighted by Crippen LogP contribution is 2.40. The molecule has 1 aliphatic carbocycles. The number of hydrogen-bond donors (Lipinski definition) is 1. The molecule has 1 nitrogen and oxygen atoms in total. The van der Waals surface area contributed by atoms with E-state index < -0.39 is 0 Å². The standard InChI is InChI=1S/C6H11NS2/c1-2-4-6-5(3-1)8-7-9-6/h5-7H,1-4H2. The molecule has 2 atom stereocenters. The molecule has 0 aromatic rings. The number of nitrogens with one attached hydrogen (secondary N) is 1. The third kappa shape index (κ3) is 1.23. The van der Waals surface area contributed by atoms with E-state index in [1.54, 1.807) is 0 Å². The van der Waals surface area contributed by atoms with Gasteiger partial charge in [-0.25, -0.2) is 4.13 Å². The minimum absolute atomic E-state index is 0.934. The largest absolute Gasteiger partial charge is 0.207 e. The molecule has 0 bridgehead atoms. The fourth-order valence-electron chi connectivity index (χ4n) is 1.48. The minimum atomic E-state index is 0.934. The molecule has 1 aliphatic heterocycles. The molecule has 1 heterocycles. The summed E-state index contributed by atoms with van der Waals surface area (Å²) >= 11 is 3.88. The van der Waals surface area contributed by atoms with Crippen molar-refractivity contribution in [3.8, 4) is 0 Å². The first kappa shape index (κ1) is 6.38. The van der Waals surface area contributed by atoms with E-state index >= 15 is 0 Å². The van der Waals surface area contributed by atoms with Gasteiger partial charge in [0.25, 0.3) is 0 Å². The molecule has 9 heavy (non-hydrogen) atoms. The molecule has 0 radical (unpaired) electrons. The lowest BCUT2D eigenvalue weighted by molar-refractivity contribution is 0.532. The summed E-state index contributed by atoms with van der Waals surface area (Å²) in [5.74, 6) is 0. The van der Waals surface area contributed by atoms with Crippen molar-refractivity contribution in [1.82, 2.24) is 4.13 Å². The van der Waals surface area contributed by atoms with Gasteiger partial charge in [0.1, 0.15) is 0 Å². The van der Waals surface area contributed by atoms with Crippen molar-refractivity contribution in [2.45, 2.75) is 36.2 Å². The topological polar surface area (TPSA) is 12.0 Å². The SMILES string of the molecule is C1CCC2SNSC2C1. The van der Waals surface area contributed by atoms with Gasteiger partial charge < -0.3 is 0 Å². The Kier molecular flexibility index (Phi) is 1.93. The van der Waals surface area contributed by atoms with E-state index in [1.807, 2.05) is 23.9 Å². The second kappa shape index (κ2) is 2.72. The van der Waals surface area contributed by atoms with Crippen LogP contribution in [-0.2, 0) is 0 Å². The lowest BCUT2D eigenvalue weighted by Gasteiger charge is -2.20. The lowest BCUT2D eigenvalue weighted by atomic mass is 10.00. The quantitative estimate of drug-likeness (QED) is 0.547. The van der Waals surface area contributed by atoms with Gasteiger partial charge in [0.2, 0.25) is 0 Å². The zero-order valence-corrected chi connectivity index (χ0v) is 6.93. The van der Waals surface area contributed by atoms with E-state index in [9.17, 15) is 0 Å². The Balaban J connectivity index is 1.97. The second-order valence-corrected chi connectivity index (χ2v) is 5.03. The summed E-state index contributed by atoms with van der Waals surface area (Å²) in [6.07, 6.45) is 5.79. The third-order valence-corrected chi connectivity index (χ3v) is 4.72. The van der Waals surface area contributed by atoms with Crippen LogP contribution in [0, 0.1) is 0 Å². The molecular weight excluding hydrogens is 150 g/mol. The first-order chi connectivity index (χ1) is 4.47. The van der Waals surface area contributed by atoms with Gasteiger partial charge in [0.15, 0.2) is 0 Å². The summed E-state index contributed by atoms with van der Waals surface area (Å²) < 4.78 is 3.30. The summed E-state index contributed by atoms with van der Waals surface area (Å²) in [6.45, 7) is 0. The van der Waals surface area contributed by atoms with E-state index in [1.165, 1.54) is 25.7 Å². The van der Waals surface area contributed by atoms with Crippen molar-refractivity contribution in [1.29, 1.82) is 0 Å². The molecule has 52 valence electrons. The average Bonchev–Trinajstić information content (AvgIpc) is 2.33. The molecule has 0 aromatic heterocycles. The van der Waals surface area contributed by atoms with Crippen LogP contribution in [-0.4, -0.2) is 10.5 Å². The maximum atomic E-state index is 3.30. The Bertz CT molecular complexity index is 95.2. The normalized spacial score (nSPS) is 42.7. The fraction of sp³-hybridized carbons (Fsp3) is 1.00. The first-order valence-corrected chi connectivity index (χ1v) is 5.29. The fourth-order valence-corrected chi connectivity index (χ4v) is 4.17. The van der Waals surface area contributed by atoms with Crippen molar-refractivity contribution in [3.63, 3.8) is 0 Å². The van der Waals surface area contributed by atoms with Crippen molar-refractivity contribution >= 4 is 23.9 Å². The van der Waals surface area contributed by atoms with Crippen LogP contribution >= 0.6 is 23.9 Å². The van der Waals surface area contributed by atoms with Gasteiger partial charge in [-0.05, 0) is 12.8 Å². The first-order valence-electron chi connectivity index (χ1n) is 3.53. The molecule has 1 saturated heterocycles. The molecular formula is C6H11NS2. The van der Waals surface area contributed by atoms with Crippen LogP contribution in [0.2, 0.25) is 0 Å². The molecule has 0 aromatic carbocycles. The highest BCUT2D eigenvalue weighted by molar-refractivity contribution is 8.16. The zero-order chi connectivity index (χ0) is 6.10. The van der Waals surface area contributed by atoms with Gasteiger partial charge in [-0.3, -0.25) is 0 Å². The predicted octanol–water partition coefficient (Wildman–Crippen LogP) is 2.20.